The third kappa shape index (κ3) is 5.37. The van der Waals surface area contributed by atoms with E-state index in [1.165, 1.54) is 0 Å². The predicted molar refractivity (Wildman–Crippen MR) is 104 cm³/mol. The van der Waals surface area contributed by atoms with E-state index in [0.717, 1.165) is 43.7 Å². The summed E-state index contributed by atoms with van der Waals surface area (Å²) in [6.07, 6.45) is 2.61. The van der Waals surface area contributed by atoms with Crippen molar-refractivity contribution in [2.24, 2.45) is 0 Å². The summed E-state index contributed by atoms with van der Waals surface area (Å²) in [6, 6.07) is 14.0. The number of hydrogen-bond donors (Lipinski definition) is 1. The lowest BCUT2D eigenvalue weighted by atomic mass is 10.2. The molecule has 1 aliphatic heterocycles. The second-order valence-electron chi connectivity index (χ2n) is 6.38. The normalized spacial score (nSPS) is 16.6. The molecule has 0 aliphatic carbocycles. The summed E-state index contributed by atoms with van der Waals surface area (Å²) >= 11 is 6.49. The topological polar surface area (TPSA) is 39.7 Å². The smallest absolute Gasteiger partial charge is 0.180 e. The fraction of sp³-hybridized carbons (Fsp3) is 0.429. The molecule has 1 saturated heterocycles. The van der Waals surface area contributed by atoms with Crippen LogP contribution in [0.2, 0.25) is 5.02 Å². The highest BCUT2D eigenvalue weighted by molar-refractivity contribution is 6.32. The standard InChI is InChI=1S/C21H26ClNO3/c1-2-24-20-12-17(13-23-14-18-9-6-10-25-18)11-19(22)21(20)26-15-16-7-4-3-5-8-16/h3-5,7-8,11-12,18,23H,2,6,9-10,13-15H2,1H3. The van der Waals surface area contributed by atoms with E-state index >= 15 is 0 Å². The Morgan fingerprint density at radius 1 is 1.15 bits per heavy atom. The van der Waals surface area contributed by atoms with Crippen LogP contribution in [-0.2, 0) is 17.9 Å². The zero-order valence-corrected chi connectivity index (χ0v) is 15.9. The number of rotatable bonds is 9. The van der Waals surface area contributed by atoms with E-state index < -0.39 is 0 Å². The molecular formula is C21H26ClNO3. The molecule has 1 aliphatic rings. The molecule has 5 heteroatoms. The van der Waals surface area contributed by atoms with Gasteiger partial charge in [-0.05, 0) is 43.0 Å². The van der Waals surface area contributed by atoms with Gasteiger partial charge in [0.2, 0.25) is 0 Å². The van der Waals surface area contributed by atoms with Gasteiger partial charge < -0.3 is 19.5 Å². The second kappa shape index (κ2) is 9.81. The molecule has 140 valence electrons. The van der Waals surface area contributed by atoms with Crippen molar-refractivity contribution in [2.45, 2.75) is 39.0 Å². The first kappa shape index (κ1) is 19.0. The highest BCUT2D eigenvalue weighted by atomic mass is 35.5. The molecule has 1 fully saturated rings. The summed E-state index contributed by atoms with van der Waals surface area (Å²) in [5.41, 5.74) is 2.16. The van der Waals surface area contributed by atoms with Gasteiger partial charge in [-0.2, -0.15) is 0 Å². The first-order chi connectivity index (χ1) is 12.8. The van der Waals surface area contributed by atoms with Crippen LogP contribution in [0, 0.1) is 0 Å². The molecule has 0 bridgehead atoms. The maximum atomic E-state index is 6.49. The Morgan fingerprint density at radius 2 is 2.00 bits per heavy atom. The molecule has 4 nitrogen and oxygen atoms in total. The molecular weight excluding hydrogens is 350 g/mol. The van der Waals surface area contributed by atoms with Crippen molar-refractivity contribution < 1.29 is 14.2 Å². The summed E-state index contributed by atoms with van der Waals surface area (Å²) in [5.74, 6) is 1.28. The summed E-state index contributed by atoms with van der Waals surface area (Å²) in [6.45, 7) is 5.42. The van der Waals surface area contributed by atoms with Gasteiger partial charge in [0.15, 0.2) is 11.5 Å². The van der Waals surface area contributed by atoms with Gasteiger partial charge in [-0.3, -0.25) is 0 Å². The molecule has 2 aromatic carbocycles. The van der Waals surface area contributed by atoms with Crippen LogP contribution in [-0.4, -0.2) is 25.9 Å². The Balaban J connectivity index is 1.64. The van der Waals surface area contributed by atoms with Crippen LogP contribution in [0.4, 0.5) is 0 Å². The van der Waals surface area contributed by atoms with Crippen LogP contribution >= 0.6 is 11.6 Å². The molecule has 2 aromatic rings. The summed E-state index contributed by atoms with van der Waals surface area (Å²) in [5, 5.41) is 4.01. The van der Waals surface area contributed by atoms with E-state index in [2.05, 4.69) is 5.32 Å². The number of benzene rings is 2. The Kier molecular flexibility index (Phi) is 7.18. The van der Waals surface area contributed by atoms with Gasteiger partial charge in [-0.1, -0.05) is 41.9 Å². The maximum Gasteiger partial charge on any atom is 0.180 e. The molecule has 1 heterocycles. The summed E-state index contributed by atoms with van der Waals surface area (Å²) in [7, 11) is 0. The van der Waals surface area contributed by atoms with E-state index in [9.17, 15) is 0 Å². The Morgan fingerprint density at radius 3 is 2.73 bits per heavy atom. The molecule has 0 radical (unpaired) electrons. The molecule has 1 N–H and O–H groups in total. The molecule has 3 rings (SSSR count). The van der Waals surface area contributed by atoms with Crippen molar-refractivity contribution in [1.29, 1.82) is 0 Å². The van der Waals surface area contributed by atoms with Crippen LogP contribution in [0.1, 0.15) is 30.9 Å². The van der Waals surface area contributed by atoms with Gasteiger partial charge in [0.1, 0.15) is 6.61 Å². The van der Waals surface area contributed by atoms with Crippen molar-refractivity contribution >= 4 is 11.6 Å². The average molecular weight is 376 g/mol. The van der Waals surface area contributed by atoms with Gasteiger partial charge in [0, 0.05) is 19.7 Å². The number of hydrogen-bond acceptors (Lipinski definition) is 4. The van der Waals surface area contributed by atoms with Crippen LogP contribution in [0.15, 0.2) is 42.5 Å². The first-order valence-electron chi connectivity index (χ1n) is 9.20. The quantitative estimate of drug-likeness (QED) is 0.696. The average Bonchev–Trinajstić information content (AvgIpc) is 3.16. The van der Waals surface area contributed by atoms with Crippen LogP contribution in [0.5, 0.6) is 11.5 Å². The second-order valence-corrected chi connectivity index (χ2v) is 6.79. The van der Waals surface area contributed by atoms with E-state index in [0.29, 0.717) is 35.8 Å². The maximum absolute atomic E-state index is 6.49. The van der Waals surface area contributed by atoms with Crippen LogP contribution in [0.3, 0.4) is 0 Å². The molecule has 0 aromatic heterocycles. The van der Waals surface area contributed by atoms with Gasteiger partial charge in [-0.25, -0.2) is 0 Å². The van der Waals surface area contributed by atoms with Crippen molar-refractivity contribution in [3.63, 3.8) is 0 Å². The van der Waals surface area contributed by atoms with Crippen molar-refractivity contribution in [1.82, 2.24) is 5.32 Å². The Hall–Kier alpha value is -1.75. The minimum atomic E-state index is 0.324. The third-order valence-corrected chi connectivity index (χ3v) is 4.60. The fourth-order valence-corrected chi connectivity index (χ4v) is 3.33. The number of halogens is 1. The van der Waals surface area contributed by atoms with E-state index in [-0.39, 0.29) is 0 Å². The van der Waals surface area contributed by atoms with Crippen LogP contribution < -0.4 is 14.8 Å². The van der Waals surface area contributed by atoms with Gasteiger partial charge in [-0.15, -0.1) is 0 Å². The van der Waals surface area contributed by atoms with Crippen molar-refractivity contribution in [3.05, 3.63) is 58.6 Å². The Labute approximate surface area is 160 Å². The van der Waals surface area contributed by atoms with E-state index in [1.54, 1.807) is 0 Å². The molecule has 26 heavy (non-hydrogen) atoms. The molecule has 0 saturated carbocycles. The molecule has 0 amide bonds. The van der Waals surface area contributed by atoms with Crippen LogP contribution in [0.25, 0.3) is 0 Å². The van der Waals surface area contributed by atoms with Crippen molar-refractivity contribution in [2.75, 3.05) is 19.8 Å². The van der Waals surface area contributed by atoms with E-state index in [4.69, 9.17) is 25.8 Å². The molecule has 1 atom stereocenters. The highest BCUT2D eigenvalue weighted by Crippen LogP contribution is 2.37. The highest BCUT2D eigenvalue weighted by Gasteiger charge is 2.16. The predicted octanol–water partition coefficient (Wildman–Crippen LogP) is 4.59. The minimum Gasteiger partial charge on any atom is -0.490 e. The first-order valence-corrected chi connectivity index (χ1v) is 9.58. The van der Waals surface area contributed by atoms with Gasteiger partial charge in [0.05, 0.1) is 17.7 Å². The lowest BCUT2D eigenvalue weighted by Crippen LogP contribution is -2.25. The molecule has 1 unspecified atom stereocenters. The zero-order chi connectivity index (χ0) is 18.2. The zero-order valence-electron chi connectivity index (χ0n) is 15.2. The lowest BCUT2D eigenvalue weighted by molar-refractivity contribution is 0.110. The third-order valence-electron chi connectivity index (χ3n) is 4.32. The monoisotopic (exact) mass is 375 g/mol. The lowest BCUT2D eigenvalue weighted by Gasteiger charge is -2.16. The fourth-order valence-electron chi connectivity index (χ4n) is 3.04. The van der Waals surface area contributed by atoms with Crippen molar-refractivity contribution in [3.8, 4) is 11.5 Å². The Bertz CT molecular complexity index is 687. The summed E-state index contributed by atoms with van der Waals surface area (Å²) < 4.78 is 17.4. The van der Waals surface area contributed by atoms with Gasteiger partial charge in [0.25, 0.3) is 0 Å². The number of ether oxygens (including phenoxy) is 3. The molecule has 0 spiro atoms. The number of nitrogens with one attached hydrogen (secondary N) is 1. The largest absolute Gasteiger partial charge is 0.490 e. The van der Waals surface area contributed by atoms with Gasteiger partial charge >= 0.3 is 0 Å². The minimum absolute atomic E-state index is 0.324. The SMILES string of the molecule is CCOc1cc(CNCC2CCCO2)cc(Cl)c1OCc1ccccc1. The van der Waals surface area contributed by atoms with E-state index in [1.807, 2.05) is 49.4 Å². The summed E-state index contributed by atoms with van der Waals surface area (Å²) in [4.78, 5) is 0.